The summed E-state index contributed by atoms with van der Waals surface area (Å²) in [5, 5.41) is 17.2. The van der Waals surface area contributed by atoms with E-state index >= 15 is 0 Å². The maximum atomic E-state index is 10.6. The Morgan fingerprint density at radius 2 is 2.00 bits per heavy atom. The lowest BCUT2D eigenvalue weighted by Gasteiger charge is -2.18. The van der Waals surface area contributed by atoms with E-state index in [-0.39, 0.29) is 0 Å². The lowest BCUT2D eigenvalue weighted by Crippen LogP contribution is -2.47. The van der Waals surface area contributed by atoms with Crippen molar-refractivity contribution in [3.63, 3.8) is 0 Å². The molecule has 0 aromatic heterocycles. The molecule has 0 saturated heterocycles. The van der Waals surface area contributed by atoms with Gasteiger partial charge in [-0.1, -0.05) is 0 Å². The standard InChI is InChI=1S/C7H11NO4/c1-7(8,6(11)12)4-2-3(4)5(9)10/h3-4H,2,8H2,1H3,(H,9,10)(H,11,12)/t3-,4?,7-/m0/s1. The van der Waals surface area contributed by atoms with Gasteiger partial charge in [0, 0.05) is 5.92 Å². The minimum atomic E-state index is -1.40. The molecule has 0 spiro atoms. The van der Waals surface area contributed by atoms with Gasteiger partial charge >= 0.3 is 11.9 Å². The maximum Gasteiger partial charge on any atom is 0.323 e. The van der Waals surface area contributed by atoms with Crippen LogP contribution in [-0.4, -0.2) is 27.7 Å². The summed E-state index contributed by atoms with van der Waals surface area (Å²) in [4.78, 5) is 20.9. The van der Waals surface area contributed by atoms with Crippen LogP contribution in [0, 0.1) is 11.8 Å². The first-order valence-electron chi connectivity index (χ1n) is 3.62. The van der Waals surface area contributed by atoms with Gasteiger partial charge in [0.2, 0.25) is 0 Å². The molecule has 1 saturated carbocycles. The Labute approximate surface area is 69.2 Å². The van der Waals surface area contributed by atoms with Crippen molar-refractivity contribution in [3.8, 4) is 0 Å². The second-order valence-corrected chi connectivity index (χ2v) is 3.37. The third-order valence-corrected chi connectivity index (χ3v) is 2.34. The van der Waals surface area contributed by atoms with Gasteiger partial charge in [-0.2, -0.15) is 0 Å². The molecule has 4 N–H and O–H groups in total. The van der Waals surface area contributed by atoms with E-state index in [1.165, 1.54) is 6.92 Å². The average Bonchev–Trinajstić information content (AvgIpc) is 2.63. The summed E-state index contributed by atoms with van der Waals surface area (Å²) < 4.78 is 0. The SMILES string of the molecule is C[C@@](N)(C(=O)O)C1C[C@@H]1C(=O)O. The second-order valence-electron chi connectivity index (χ2n) is 3.37. The number of hydrogen-bond donors (Lipinski definition) is 3. The molecule has 0 aromatic rings. The van der Waals surface area contributed by atoms with Crippen LogP contribution in [-0.2, 0) is 9.59 Å². The van der Waals surface area contributed by atoms with Gasteiger partial charge in [-0.05, 0) is 13.3 Å². The topological polar surface area (TPSA) is 101 Å². The normalized spacial score (nSPS) is 32.2. The quantitative estimate of drug-likeness (QED) is 0.534. The highest BCUT2D eigenvalue weighted by atomic mass is 16.4. The summed E-state index contributed by atoms with van der Waals surface area (Å²) in [5.41, 5.74) is 4.03. The first-order chi connectivity index (χ1) is 5.37. The molecular weight excluding hydrogens is 162 g/mol. The van der Waals surface area contributed by atoms with Crippen LogP contribution >= 0.6 is 0 Å². The number of aliphatic carboxylic acids is 2. The molecule has 1 rings (SSSR count). The number of hydrogen-bond acceptors (Lipinski definition) is 3. The van der Waals surface area contributed by atoms with E-state index in [9.17, 15) is 9.59 Å². The fourth-order valence-corrected chi connectivity index (χ4v) is 1.29. The highest BCUT2D eigenvalue weighted by molar-refractivity contribution is 5.82. The molecule has 1 fully saturated rings. The van der Waals surface area contributed by atoms with Crippen molar-refractivity contribution in [1.29, 1.82) is 0 Å². The first kappa shape index (κ1) is 8.99. The van der Waals surface area contributed by atoms with E-state index in [1.54, 1.807) is 0 Å². The van der Waals surface area contributed by atoms with Crippen LogP contribution in [0.5, 0.6) is 0 Å². The van der Waals surface area contributed by atoms with Crippen LogP contribution in [0.25, 0.3) is 0 Å². The Morgan fingerprint density at radius 3 is 2.25 bits per heavy atom. The van der Waals surface area contributed by atoms with Crippen LogP contribution in [0.1, 0.15) is 13.3 Å². The largest absolute Gasteiger partial charge is 0.481 e. The number of carboxylic acid groups (broad SMARTS) is 2. The molecule has 0 amide bonds. The predicted octanol–water partition coefficient (Wildman–Crippen LogP) is -0.491. The first-order valence-corrected chi connectivity index (χ1v) is 3.62. The Kier molecular flexibility index (Phi) is 1.83. The number of carboxylic acids is 2. The zero-order valence-corrected chi connectivity index (χ0v) is 6.65. The van der Waals surface area contributed by atoms with Crippen LogP contribution in [0.15, 0.2) is 0 Å². The van der Waals surface area contributed by atoms with Crippen LogP contribution in [0.3, 0.4) is 0 Å². The van der Waals surface area contributed by atoms with Crippen LogP contribution in [0.4, 0.5) is 0 Å². The van der Waals surface area contributed by atoms with E-state index in [2.05, 4.69) is 0 Å². The zero-order chi connectivity index (χ0) is 9.52. The van der Waals surface area contributed by atoms with Gasteiger partial charge in [0.1, 0.15) is 5.54 Å². The minimum Gasteiger partial charge on any atom is -0.481 e. The van der Waals surface area contributed by atoms with Crippen molar-refractivity contribution in [3.05, 3.63) is 0 Å². The molecule has 0 radical (unpaired) electrons. The predicted molar refractivity (Wildman–Crippen MR) is 39.5 cm³/mol. The molecule has 5 heteroatoms. The van der Waals surface area contributed by atoms with E-state index in [0.29, 0.717) is 6.42 Å². The lowest BCUT2D eigenvalue weighted by molar-refractivity contribution is -0.144. The number of carbonyl (C=O) groups is 2. The highest BCUT2D eigenvalue weighted by Gasteiger charge is 2.55. The van der Waals surface area contributed by atoms with Gasteiger partial charge in [-0.3, -0.25) is 9.59 Å². The summed E-state index contributed by atoms with van der Waals surface area (Å²) in [7, 11) is 0. The van der Waals surface area contributed by atoms with Crippen molar-refractivity contribution in [1.82, 2.24) is 0 Å². The van der Waals surface area contributed by atoms with E-state index in [4.69, 9.17) is 15.9 Å². The molecule has 1 aliphatic carbocycles. The minimum absolute atomic E-state index is 0.370. The summed E-state index contributed by atoms with van der Waals surface area (Å²) in [5.74, 6) is -3.10. The van der Waals surface area contributed by atoms with E-state index < -0.39 is 29.3 Å². The van der Waals surface area contributed by atoms with E-state index in [0.717, 1.165) is 0 Å². The van der Waals surface area contributed by atoms with Crippen molar-refractivity contribution in [2.24, 2.45) is 17.6 Å². The zero-order valence-electron chi connectivity index (χ0n) is 6.65. The van der Waals surface area contributed by atoms with Gasteiger partial charge in [0.05, 0.1) is 5.92 Å². The summed E-state index contributed by atoms with van der Waals surface area (Å²) in [6.45, 7) is 1.35. The second kappa shape index (κ2) is 2.45. The van der Waals surface area contributed by atoms with Crippen molar-refractivity contribution >= 4 is 11.9 Å². The molecule has 12 heavy (non-hydrogen) atoms. The lowest BCUT2D eigenvalue weighted by atomic mass is 9.96. The highest BCUT2D eigenvalue weighted by Crippen LogP contribution is 2.45. The number of rotatable bonds is 3. The molecule has 68 valence electrons. The van der Waals surface area contributed by atoms with Crippen LogP contribution < -0.4 is 5.73 Å². The molecule has 0 bridgehead atoms. The van der Waals surface area contributed by atoms with Gasteiger partial charge < -0.3 is 15.9 Å². The maximum absolute atomic E-state index is 10.6. The van der Waals surface area contributed by atoms with Gasteiger partial charge in [-0.25, -0.2) is 0 Å². The molecule has 0 aliphatic heterocycles. The molecule has 0 heterocycles. The molecule has 5 nitrogen and oxygen atoms in total. The van der Waals surface area contributed by atoms with Gasteiger partial charge in [0.15, 0.2) is 0 Å². The third kappa shape index (κ3) is 1.27. The molecule has 1 unspecified atom stereocenters. The van der Waals surface area contributed by atoms with Crippen molar-refractivity contribution in [2.45, 2.75) is 18.9 Å². The Bertz CT molecular complexity index is 236. The fraction of sp³-hybridized carbons (Fsp3) is 0.714. The van der Waals surface area contributed by atoms with Gasteiger partial charge in [0.25, 0.3) is 0 Å². The summed E-state index contributed by atoms with van der Waals surface area (Å²) >= 11 is 0. The summed E-state index contributed by atoms with van der Waals surface area (Å²) in [6, 6.07) is 0. The van der Waals surface area contributed by atoms with E-state index in [1.807, 2.05) is 0 Å². The van der Waals surface area contributed by atoms with Crippen molar-refractivity contribution in [2.75, 3.05) is 0 Å². The fourth-order valence-electron chi connectivity index (χ4n) is 1.29. The third-order valence-electron chi connectivity index (χ3n) is 2.34. The molecule has 3 atom stereocenters. The monoisotopic (exact) mass is 173 g/mol. The molecule has 1 aliphatic rings. The van der Waals surface area contributed by atoms with Crippen LogP contribution in [0.2, 0.25) is 0 Å². The molecule has 0 aromatic carbocycles. The number of nitrogens with two attached hydrogens (primary N) is 1. The summed E-state index contributed by atoms with van der Waals surface area (Å²) in [6.07, 6.45) is 0.370. The van der Waals surface area contributed by atoms with Crippen molar-refractivity contribution < 1.29 is 19.8 Å². The Balaban J connectivity index is 2.64. The molecular formula is C7H11NO4. The Morgan fingerprint density at radius 1 is 1.50 bits per heavy atom. The average molecular weight is 173 g/mol. The Hall–Kier alpha value is -1.10. The van der Waals surface area contributed by atoms with Gasteiger partial charge in [-0.15, -0.1) is 0 Å². The smallest absolute Gasteiger partial charge is 0.323 e.